The van der Waals surface area contributed by atoms with Crippen molar-refractivity contribution in [2.75, 3.05) is 0 Å². The Labute approximate surface area is 82.1 Å². The Morgan fingerprint density at radius 1 is 0.538 bits per heavy atom. The van der Waals surface area contributed by atoms with Gasteiger partial charge in [-0.1, -0.05) is 27.7 Å². The molecule has 4 fully saturated rings. The lowest BCUT2D eigenvalue weighted by atomic mass is 9.61. The van der Waals surface area contributed by atoms with E-state index in [9.17, 15) is 0 Å². The van der Waals surface area contributed by atoms with Crippen molar-refractivity contribution in [2.24, 2.45) is 21.7 Å². The molecule has 13 heavy (non-hydrogen) atoms. The molecule has 74 valence electrons. The highest BCUT2D eigenvalue weighted by Crippen LogP contribution is 2.79. The van der Waals surface area contributed by atoms with Gasteiger partial charge in [0.25, 0.3) is 0 Å². The summed E-state index contributed by atoms with van der Waals surface area (Å²) in [7, 11) is 0. The maximum Gasteiger partial charge on any atom is -0.0261 e. The van der Waals surface area contributed by atoms with E-state index in [1.165, 1.54) is 32.1 Å². The number of hydrogen-bond acceptors (Lipinski definition) is 0. The molecule has 0 radical (unpaired) electrons. The van der Waals surface area contributed by atoms with Crippen LogP contribution in [-0.2, 0) is 0 Å². The summed E-state index contributed by atoms with van der Waals surface area (Å²) < 4.78 is 0. The average Bonchev–Trinajstić information content (AvgIpc) is 1.96. The van der Waals surface area contributed by atoms with Gasteiger partial charge in [0.15, 0.2) is 0 Å². The van der Waals surface area contributed by atoms with Crippen LogP contribution in [0, 0.1) is 21.7 Å². The molecule has 0 aromatic heterocycles. The molecule has 4 aliphatic carbocycles. The third-order valence-corrected chi connectivity index (χ3v) is 5.58. The zero-order valence-corrected chi connectivity index (χ0v) is 9.54. The molecule has 0 amide bonds. The molecule has 0 saturated heterocycles. The van der Waals surface area contributed by atoms with Gasteiger partial charge in [-0.15, -0.1) is 0 Å². The van der Waals surface area contributed by atoms with E-state index >= 15 is 0 Å². The summed E-state index contributed by atoms with van der Waals surface area (Å²) in [6.45, 7) is 10.2. The summed E-state index contributed by atoms with van der Waals surface area (Å²) in [6, 6.07) is 0. The zero-order valence-electron chi connectivity index (χ0n) is 9.54. The van der Waals surface area contributed by atoms with Gasteiger partial charge >= 0.3 is 0 Å². The van der Waals surface area contributed by atoms with E-state index in [0.29, 0.717) is 21.7 Å². The van der Waals surface area contributed by atoms with Crippen molar-refractivity contribution >= 4 is 0 Å². The first kappa shape index (κ1) is 8.32. The largest absolute Gasteiger partial charge is 0.0596 e. The molecule has 0 nitrogen and oxygen atoms in total. The highest BCUT2D eigenvalue weighted by molar-refractivity contribution is 5.19. The molecule has 0 spiro atoms. The predicted molar refractivity (Wildman–Crippen MR) is 55.5 cm³/mol. The van der Waals surface area contributed by atoms with Crippen molar-refractivity contribution in [3.05, 3.63) is 0 Å². The van der Waals surface area contributed by atoms with Crippen LogP contribution in [0.2, 0.25) is 0 Å². The fourth-order valence-electron chi connectivity index (χ4n) is 6.15. The van der Waals surface area contributed by atoms with Gasteiger partial charge in [0.2, 0.25) is 0 Å². The minimum absolute atomic E-state index is 0.689. The van der Waals surface area contributed by atoms with Crippen LogP contribution in [0.15, 0.2) is 0 Å². The van der Waals surface area contributed by atoms with Crippen molar-refractivity contribution in [3.8, 4) is 0 Å². The summed E-state index contributed by atoms with van der Waals surface area (Å²) >= 11 is 0. The van der Waals surface area contributed by atoms with Crippen LogP contribution < -0.4 is 0 Å². The van der Waals surface area contributed by atoms with Gasteiger partial charge in [-0.2, -0.15) is 0 Å². The van der Waals surface area contributed by atoms with Crippen LogP contribution >= 0.6 is 0 Å². The van der Waals surface area contributed by atoms with Gasteiger partial charge in [-0.05, 0) is 53.8 Å². The third kappa shape index (κ3) is 0.789. The quantitative estimate of drug-likeness (QED) is 0.526. The summed E-state index contributed by atoms with van der Waals surface area (Å²) in [5, 5.41) is 0. The fourth-order valence-corrected chi connectivity index (χ4v) is 6.15. The Balaban J connectivity index is 2.14. The van der Waals surface area contributed by atoms with Gasteiger partial charge in [0.1, 0.15) is 0 Å². The minimum Gasteiger partial charge on any atom is -0.0596 e. The first-order valence-electron chi connectivity index (χ1n) is 5.79. The van der Waals surface area contributed by atoms with Crippen LogP contribution in [0.3, 0.4) is 0 Å². The lowest BCUT2D eigenvalue weighted by molar-refractivity contribution is 0.0679. The third-order valence-electron chi connectivity index (χ3n) is 5.58. The summed E-state index contributed by atoms with van der Waals surface area (Å²) in [4.78, 5) is 0. The SMILES string of the molecule is CC12CC3(C)CC(C)(C1)C(C)(C2)C3. The molecule has 4 saturated carbocycles. The van der Waals surface area contributed by atoms with Crippen LogP contribution in [-0.4, -0.2) is 0 Å². The topological polar surface area (TPSA) is 0 Å². The van der Waals surface area contributed by atoms with Gasteiger partial charge in [0.05, 0.1) is 0 Å². The predicted octanol–water partition coefficient (Wildman–Crippen LogP) is 4.00. The molecule has 0 aromatic rings. The van der Waals surface area contributed by atoms with Crippen LogP contribution in [0.1, 0.15) is 59.8 Å². The maximum atomic E-state index is 2.56. The monoisotopic (exact) mass is 178 g/mol. The highest BCUT2D eigenvalue weighted by Gasteiger charge is 2.69. The molecule has 4 rings (SSSR count). The molecule has 4 bridgehead atoms. The molecular weight excluding hydrogens is 156 g/mol. The number of rotatable bonds is 0. The van der Waals surface area contributed by atoms with Crippen molar-refractivity contribution in [1.82, 2.24) is 0 Å². The van der Waals surface area contributed by atoms with Crippen LogP contribution in [0.25, 0.3) is 0 Å². The summed E-state index contributed by atoms with van der Waals surface area (Å²) in [5.41, 5.74) is 2.78. The van der Waals surface area contributed by atoms with Gasteiger partial charge in [-0.25, -0.2) is 0 Å². The first-order chi connectivity index (χ1) is 5.79. The Hall–Kier alpha value is 0. The van der Waals surface area contributed by atoms with Crippen molar-refractivity contribution in [2.45, 2.75) is 59.8 Å². The molecule has 0 heterocycles. The van der Waals surface area contributed by atoms with Gasteiger partial charge < -0.3 is 0 Å². The van der Waals surface area contributed by atoms with E-state index in [4.69, 9.17) is 0 Å². The molecule has 0 N–H and O–H groups in total. The van der Waals surface area contributed by atoms with E-state index in [-0.39, 0.29) is 0 Å². The van der Waals surface area contributed by atoms with Gasteiger partial charge in [0, 0.05) is 0 Å². The smallest absolute Gasteiger partial charge is 0.0261 e. The maximum absolute atomic E-state index is 2.56. The number of hydrogen-bond donors (Lipinski definition) is 0. The van der Waals surface area contributed by atoms with E-state index in [1.54, 1.807) is 0 Å². The van der Waals surface area contributed by atoms with E-state index < -0.39 is 0 Å². The lowest BCUT2D eigenvalue weighted by Crippen LogP contribution is -2.33. The normalized spacial score (nSPS) is 69.2. The Kier molecular flexibility index (Phi) is 1.10. The molecule has 0 aromatic carbocycles. The highest BCUT2D eigenvalue weighted by atomic mass is 14.7. The second kappa shape index (κ2) is 1.73. The Morgan fingerprint density at radius 3 is 1.08 bits per heavy atom. The Bertz CT molecular complexity index is 234. The van der Waals surface area contributed by atoms with Gasteiger partial charge in [-0.3, -0.25) is 0 Å². The van der Waals surface area contributed by atoms with E-state index in [1.807, 2.05) is 0 Å². The molecule has 0 atom stereocenters. The molecule has 0 unspecified atom stereocenters. The van der Waals surface area contributed by atoms with Crippen LogP contribution in [0.4, 0.5) is 0 Å². The second-order valence-electron chi connectivity index (χ2n) is 7.63. The molecule has 0 heteroatoms. The Morgan fingerprint density at radius 2 is 0.846 bits per heavy atom. The molecule has 0 aliphatic heterocycles. The molecule has 4 aliphatic rings. The zero-order chi connectivity index (χ0) is 9.54. The minimum atomic E-state index is 0.689. The molecular formula is C13H22. The first-order valence-corrected chi connectivity index (χ1v) is 5.79. The van der Waals surface area contributed by atoms with E-state index in [2.05, 4.69) is 27.7 Å². The average molecular weight is 178 g/mol. The second-order valence-corrected chi connectivity index (χ2v) is 7.63. The standard InChI is InChI=1S/C13H22/c1-10-5-11(2)8-12(3,6-10)13(4,7-10)9-11/h5-9H2,1-4H3. The van der Waals surface area contributed by atoms with Crippen molar-refractivity contribution in [3.63, 3.8) is 0 Å². The van der Waals surface area contributed by atoms with Crippen LogP contribution in [0.5, 0.6) is 0 Å². The summed E-state index contributed by atoms with van der Waals surface area (Å²) in [5.74, 6) is 0. The lowest BCUT2D eigenvalue weighted by Gasteiger charge is -2.44. The van der Waals surface area contributed by atoms with Crippen molar-refractivity contribution in [1.29, 1.82) is 0 Å². The summed E-state index contributed by atoms with van der Waals surface area (Å²) in [6.07, 6.45) is 7.53. The van der Waals surface area contributed by atoms with E-state index in [0.717, 1.165) is 0 Å². The fraction of sp³-hybridized carbons (Fsp3) is 1.00. The van der Waals surface area contributed by atoms with Crippen molar-refractivity contribution < 1.29 is 0 Å².